The number of fused-ring (bicyclic) bond motifs is 1. The van der Waals surface area contributed by atoms with Gasteiger partial charge >= 0.3 is 5.97 Å². The van der Waals surface area contributed by atoms with Crippen molar-refractivity contribution in [2.45, 2.75) is 20.3 Å². The van der Waals surface area contributed by atoms with E-state index in [0.717, 1.165) is 6.42 Å². The first-order valence-electron chi connectivity index (χ1n) is 3.98. The third kappa shape index (κ3) is 0.697. The van der Waals surface area contributed by atoms with Crippen LogP contribution < -0.4 is 0 Å². The predicted molar refractivity (Wildman–Crippen MR) is 41.1 cm³/mol. The Bertz CT molecular complexity index is 250. The molecule has 2 aliphatic rings. The van der Waals surface area contributed by atoms with Gasteiger partial charge in [0.25, 0.3) is 0 Å². The van der Waals surface area contributed by atoms with E-state index < -0.39 is 5.97 Å². The molecule has 1 N–H and O–H groups in total. The summed E-state index contributed by atoms with van der Waals surface area (Å²) in [5.74, 6) is 0.247. The van der Waals surface area contributed by atoms with Gasteiger partial charge in [0, 0.05) is 5.57 Å². The molecule has 0 aromatic carbocycles. The third-order valence-corrected chi connectivity index (χ3v) is 3.22. The minimum absolute atomic E-state index is 0.266. The summed E-state index contributed by atoms with van der Waals surface area (Å²) in [6.45, 7) is 4.30. The number of carbonyl (C=O) groups is 1. The number of aliphatic carboxylic acids is 1. The molecule has 0 unspecified atom stereocenters. The molecule has 0 saturated heterocycles. The Morgan fingerprint density at radius 3 is 2.64 bits per heavy atom. The van der Waals surface area contributed by atoms with Crippen LogP contribution in [0.15, 0.2) is 11.6 Å². The van der Waals surface area contributed by atoms with Gasteiger partial charge in [-0.25, -0.2) is 4.79 Å². The molecular weight excluding hydrogens is 140 g/mol. The summed E-state index contributed by atoms with van der Waals surface area (Å²) in [7, 11) is 0. The standard InChI is InChI=1S/C9H12O2/c1-9(2)6-4-3-5(7(6)9)8(10)11/h3,6-7H,4H2,1-2H3,(H,10,11)/t6-,7+/m1/s1. The van der Waals surface area contributed by atoms with Crippen LogP contribution in [0.2, 0.25) is 0 Å². The van der Waals surface area contributed by atoms with Gasteiger partial charge in [-0.3, -0.25) is 0 Å². The maximum Gasteiger partial charge on any atom is 0.331 e. The van der Waals surface area contributed by atoms with E-state index in [0.29, 0.717) is 17.4 Å². The van der Waals surface area contributed by atoms with E-state index in [4.69, 9.17) is 5.11 Å². The van der Waals surface area contributed by atoms with Crippen molar-refractivity contribution in [2.24, 2.45) is 17.3 Å². The summed E-state index contributed by atoms with van der Waals surface area (Å²) in [6.07, 6.45) is 2.85. The lowest BCUT2D eigenvalue weighted by molar-refractivity contribution is -0.133. The van der Waals surface area contributed by atoms with E-state index in [2.05, 4.69) is 13.8 Å². The Hall–Kier alpha value is -0.790. The highest BCUT2D eigenvalue weighted by atomic mass is 16.4. The van der Waals surface area contributed by atoms with Crippen LogP contribution in [-0.2, 0) is 4.79 Å². The number of rotatable bonds is 1. The summed E-state index contributed by atoms with van der Waals surface area (Å²) in [6, 6.07) is 0. The van der Waals surface area contributed by atoms with Gasteiger partial charge in [0.1, 0.15) is 0 Å². The Morgan fingerprint density at radius 2 is 2.36 bits per heavy atom. The van der Waals surface area contributed by atoms with Crippen molar-refractivity contribution in [2.75, 3.05) is 0 Å². The molecule has 0 aromatic heterocycles. The molecule has 0 amide bonds. The fraction of sp³-hybridized carbons (Fsp3) is 0.667. The van der Waals surface area contributed by atoms with Crippen LogP contribution in [0.5, 0.6) is 0 Å². The Labute approximate surface area is 65.9 Å². The van der Waals surface area contributed by atoms with Crippen molar-refractivity contribution < 1.29 is 9.90 Å². The van der Waals surface area contributed by atoms with E-state index in [9.17, 15) is 4.79 Å². The molecule has 2 heteroatoms. The van der Waals surface area contributed by atoms with Crippen molar-refractivity contribution in [3.8, 4) is 0 Å². The highest BCUT2D eigenvalue weighted by Gasteiger charge is 2.62. The molecular formula is C9H12O2. The first-order valence-corrected chi connectivity index (χ1v) is 3.98. The molecule has 60 valence electrons. The van der Waals surface area contributed by atoms with Gasteiger partial charge in [-0.15, -0.1) is 0 Å². The van der Waals surface area contributed by atoms with Gasteiger partial charge < -0.3 is 5.11 Å². The quantitative estimate of drug-likeness (QED) is 0.620. The molecule has 0 heterocycles. The number of carboxylic acids is 1. The molecule has 2 aliphatic carbocycles. The molecule has 11 heavy (non-hydrogen) atoms. The number of hydrogen-bond acceptors (Lipinski definition) is 1. The topological polar surface area (TPSA) is 37.3 Å². The summed E-state index contributed by atoms with van der Waals surface area (Å²) in [4.78, 5) is 10.7. The van der Waals surface area contributed by atoms with E-state index in [-0.39, 0.29) is 5.41 Å². The first-order chi connectivity index (χ1) is 5.05. The van der Waals surface area contributed by atoms with Gasteiger partial charge in [0.2, 0.25) is 0 Å². The van der Waals surface area contributed by atoms with E-state index in [1.54, 1.807) is 0 Å². The van der Waals surface area contributed by atoms with Crippen molar-refractivity contribution in [1.29, 1.82) is 0 Å². The zero-order chi connectivity index (χ0) is 8.22. The highest BCUT2D eigenvalue weighted by Crippen LogP contribution is 2.66. The molecule has 2 nitrogen and oxygen atoms in total. The minimum Gasteiger partial charge on any atom is -0.478 e. The molecule has 0 spiro atoms. The first kappa shape index (κ1) is 6.89. The van der Waals surface area contributed by atoms with Crippen LogP contribution in [0, 0.1) is 17.3 Å². The molecule has 0 bridgehead atoms. The van der Waals surface area contributed by atoms with Crippen LogP contribution in [0.25, 0.3) is 0 Å². The largest absolute Gasteiger partial charge is 0.478 e. The maximum atomic E-state index is 10.7. The Morgan fingerprint density at radius 1 is 1.73 bits per heavy atom. The number of carboxylic acid groups (broad SMARTS) is 1. The second kappa shape index (κ2) is 1.68. The molecule has 2 atom stereocenters. The summed E-state index contributed by atoms with van der Waals surface area (Å²) < 4.78 is 0. The smallest absolute Gasteiger partial charge is 0.331 e. The predicted octanol–water partition coefficient (Wildman–Crippen LogP) is 1.67. The molecule has 0 radical (unpaired) electrons. The van der Waals surface area contributed by atoms with E-state index in [1.807, 2.05) is 6.08 Å². The maximum absolute atomic E-state index is 10.7. The summed E-state index contributed by atoms with van der Waals surface area (Å²) in [5, 5.41) is 8.77. The van der Waals surface area contributed by atoms with Crippen LogP contribution in [0.1, 0.15) is 20.3 Å². The SMILES string of the molecule is CC1(C)[C@@H]2CC=C(C(=O)O)[C@@H]21. The Kier molecular flexibility index (Phi) is 1.05. The summed E-state index contributed by atoms with van der Waals surface area (Å²) >= 11 is 0. The second-order valence-electron chi connectivity index (χ2n) is 4.11. The minimum atomic E-state index is -0.719. The van der Waals surface area contributed by atoms with Gasteiger partial charge in [0.15, 0.2) is 0 Å². The lowest BCUT2D eigenvalue weighted by Crippen LogP contribution is -2.05. The number of hydrogen-bond donors (Lipinski definition) is 1. The third-order valence-electron chi connectivity index (χ3n) is 3.22. The fourth-order valence-electron chi connectivity index (χ4n) is 2.40. The van der Waals surface area contributed by atoms with Crippen LogP contribution in [0.4, 0.5) is 0 Å². The average Bonchev–Trinajstić information content (AvgIpc) is 2.34. The fourth-order valence-corrected chi connectivity index (χ4v) is 2.40. The van der Waals surface area contributed by atoms with E-state index >= 15 is 0 Å². The van der Waals surface area contributed by atoms with Crippen LogP contribution in [0.3, 0.4) is 0 Å². The van der Waals surface area contributed by atoms with Crippen molar-refractivity contribution >= 4 is 5.97 Å². The highest BCUT2D eigenvalue weighted by molar-refractivity contribution is 5.89. The van der Waals surface area contributed by atoms with Crippen LogP contribution >= 0.6 is 0 Å². The average molecular weight is 152 g/mol. The molecule has 0 aromatic rings. The van der Waals surface area contributed by atoms with Crippen molar-refractivity contribution in [1.82, 2.24) is 0 Å². The van der Waals surface area contributed by atoms with Gasteiger partial charge in [-0.05, 0) is 23.7 Å². The lowest BCUT2D eigenvalue weighted by atomic mass is 10.0. The zero-order valence-electron chi connectivity index (χ0n) is 6.79. The number of allylic oxidation sites excluding steroid dienone is 1. The normalized spacial score (nSPS) is 37.8. The monoisotopic (exact) mass is 152 g/mol. The van der Waals surface area contributed by atoms with Crippen molar-refractivity contribution in [3.63, 3.8) is 0 Å². The van der Waals surface area contributed by atoms with Crippen LogP contribution in [-0.4, -0.2) is 11.1 Å². The zero-order valence-corrected chi connectivity index (χ0v) is 6.79. The Balaban J connectivity index is 2.23. The van der Waals surface area contributed by atoms with Gasteiger partial charge in [-0.1, -0.05) is 19.9 Å². The lowest BCUT2D eigenvalue weighted by Gasteiger charge is -2.05. The molecule has 2 rings (SSSR count). The molecule has 0 aliphatic heterocycles. The van der Waals surface area contributed by atoms with E-state index in [1.165, 1.54) is 0 Å². The summed E-state index contributed by atoms with van der Waals surface area (Å²) in [5.41, 5.74) is 0.919. The van der Waals surface area contributed by atoms with Gasteiger partial charge in [-0.2, -0.15) is 0 Å². The second-order valence-corrected chi connectivity index (χ2v) is 4.11. The van der Waals surface area contributed by atoms with Crippen molar-refractivity contribution in [3.05, 3.63) is 11.6 Å². The molecule has 1 saturated carbocycles. The molecule has 1 fully saturated rings. The van der Waals surface area contributed by atoms with Gasteiger partial charge in [0.05, 0.1) is 0 Å².